The van der Waals surface area contributed by atoms with Gasteiger partial charge in [0.25, 0.3) is 0 Å². The third-order valence-electron chi connectivity index (χ3n) is 4.04. The summed E-state index contributed by atoms with van der Waals surface area (Å²) in [4.78, 5) is 12.9. The van der Waals surface area contributed by atoms with Crippen LogP contribution in [0.15, 0.2) is 23.1 Å². The minimum Gasteiger partial charge on any atom is -0.486 e. The van der Waals surface area contributed by atoms with Crippen LogP contribution in [-0.4, -0.2) is 41.2 Å². The maximum Gasteiger partial charge on any atom is 0.221 e. The molecule has 140 valence electrons. The first-order chi connectivity index (χ1) is 11.8. The van der Waals surface area contributed by atoms with Crippen molar-refractivity contribution < 1.29 is 18.5 Å². The van der Waals surface area contributed by atoms with Gasteiger partial charge in [0.1, 0.15) is 13.2 Å². The van der Waals surface area contributed by atoms with E-state index in [9.17, 15) is 9.00 Å². The van der Waals surface area contributed by atoms with Gasteiger partial charge in [-0.1, -0.05) is 13.8 Å². The molecule has 1 amide bonds. The molecule has 0 spiro atoms. The topological polar surface area (TPSA) is 90.7 Å². The Kier molecular flexibility index (Phi) is 6.84. The fourth-order valence-corrected chi connectivity index (χ4v) is 4.02. The molecule has 3 N–H and O–H groups in total. The van der Waals surface area contributed by atoms with Gasteiger partial charge in [0.15, 0.2) is 11.5 Å². The van der Waals surface area contributed by atoms with Gasteiger partial charge >= 0.3 is 0 Å². The molecule has 0 radical (unpaired) electrons. The van der Waals surface area contributed by atoms with E-state index < -0.39 is 16.3 Å². The van der Waals surface area contributed by atoms with Gasteiger partial charge in [0.2, 0.25) is 5.91 Å². The van der Waals surface area contributed by atoms with E-state index in [0.29, 0.717) is 42.1 Å². The molecule has 7 heteroatoms. The Morgan fingerprint density at radius 1 is 1.32 bits per heavy atom. The molecule has 0 aromatic heterocycles. The molecule has 6 nitrogen and oxygen atoms in total. The molecular formula is C18H28N2O4S. The molecular weight excluding hydrogens is 340 g/mol. The van der Waals surface area contributed by atoms with Gasteiger partial charge in [-0.05, 0) is 31.4 Å². The second-order valence-electron chi connectivity index (χ2n) is 7.02. The summed E-state index contributed by atoms with van der Waals surface area (Å²) in [5, 5.41) is 2.99. The highest BCUT2D eigenvalue weighted by atomic mass is 32.2. The Labute approximate surface area is 151 Å². The maximum atomic E-state index is 12.5. The van der Waals surface area contributed by atoms with Crippen molar-refractivity contribution in [3.63, 3.8) is 0 Å². The normalized spacial score (nSPS) is 17.0. The maximum absolute atomic E-state index is 12.5. The van der Waals surface area contributed by atoms with Crippen molar-refractivity contribution in [3.05, 3.63) is 18.2 Å². The summed E-state index contributed by atoms with van der Waals surface area (Å²) in [5.74, 6) is 1.83. The number of nitrogens with one attached hydrogen (secondary N) is 1. The monoisotopic (exact) mass is 368 g/mol. The van der Waals surface area contributed by atoms with Crippen LogP contribution in [0, 0.1) is 5.92 Å². The molecule has 2 rings (SSSR count). The number of rotatable bonds is 8. The number of carbonyl (C=O) groups excluding carboxylic acids is 1. The fraction of sp³-hybridized carbons (Fsp3) is 0.611. The number of hydrogen-bond acceptors (Lipinski definition) is 5. The molecule has 1 aliphatic heterocycles. The summed E-state index contributed by atoms with van der Waals surface area (Å²) in [7, 11) is -1.27. The van der Waals surface area contributed by atoms with Crippen LogP contribution in [0.2, 0.25) is 0 Å². The van der Waals surface area contributed by atoms with Gasteiger partial charge in [-0.3, -0.25) is 9.00 Å². The van der Waals surface area contributed by atoms with Crippen molar-refractivity contribution >= 4 is 16.7 Å². The van der Waals surface area contributed by atoms with E-state index in [1.165, 1.54) is 0 Å². The molecule has 0 saturated carbocycles. The van der Waals surface area contributed by atoms with Crippen molar-refractivity contribution in [2.75, 3.05) is 25.5 Å². The first kappa shape index (κ1) is 19.7. The minimum atomic E-state index is -1.27. The summed E-state index contributed by atoms with van der Waals surface area (Å²) < 4.78 is 23.4. The molecule has 0 bridgehead atoms. The predicted molar refractivity (Wildman–Crippen MR) is 98.4 cm³/mol. The molecule has 1 heterocycles. The van der Waals surface area contributed by atoms with Crippen molar-refractivity contribution in [2.24, 2.45) is 11.7 Å². The summed E-state index contributed by atoms with van der Waals surface area (Å²) in [6.45, 7) is 7.52. The number of nitrogens with two attached hydrogens (primary N) is 1. The van der Waals surface area contributed by atoms with Crippen LogP contribution in [0.4, 0.5) is 0 Å². The molecule has 2 unspecified atom stereocenters. The highest BCUT2D eigenvalue weighted by molar-refractivity contribution is 7.85. The zero-order valence-electron chi connectivity index (χ0n) is 15.2. The van der Waals surface area contributed by atoms with Crippen LogP contribution >= 0.6 is 0 Å². The molecule has 0 fully saturated rings. The van der Waals surface area contributed by atoms with E-state index >= 15 is 0 Å². The number of ether oxygens (including phenoxy) is 2. The quantitative estimate of drug-likeness (QED) is 0.731. The van der Waals surface area contributed by atoms with Crippen LogP contribution in [0.1, 0.15) is 33.6 Å². The lowest BCUT2D eigenvalue weighted by atomic mass is 9.90. The third-order valence-corrected chi connectivity index (χ3v) is 5.40. The van der Waals surface area contributed by atoms with Crippen LogP contribution in [0.5, 0.6) is 11.5 Å². The number of hydrogen-bond donors (Lipinski definition) is 2. The molecule has 1 aromatic rings. The van der Waals surface area contributed by atoms with Gasteiger partial charge in [-0.15, -0.1) is 0 Å². The summed E-state index contributed by atoms with van der Waals surface area (Å²) >= 11 is 0. The smallest absolute Gasteiger partial charge is 0.221 e. The van der Waals surface area contributed by atoms with E-state index in [0.717, 1.165) is 6.42 Å². The van der Waals surface area contributed by atoms with Crippen LogP contribution in [-0.2, 0) is 15.6 Å². The first-order valence-electron chi connectivity index (χ1n) is 8.62. The molecule has 1 aromatic carbocycles. The Morgan fingerprint density at radius 3 is 2.64 bits per heavy atom. The van der Waals surface area contributed by atoms with E-state index in [1.54, 1.807) is 18.2 Å². The molecule has 25 heavy (non-hydrogen) atoms. The fourth-order valence-electron chi connectivity index (χ4n) is 2.95. The van der Waals surface area contributed by atoms with E-state index in [-0.39, 0.29) is 18.1 Å². The van der Waals surface area contributed by atoms with Gasteiger partial charge in [-0.2, -0.15) is 0 Å². The highest BCUT2D eigenvalue weighted by Crippen LogP contribution is 2.31. The molecule has 0 saturated heterocycles. The van der Waals surface area contributed by atoms with Gasteiger partial charge in [0.05, 0.1) is 10.8 Å². The number of fused-ring (bicyclic) bond motifs is 1. The van der Waals surface area contributed by atoms with Crippen LogP contribution in [0.25, 0.3) is 0 Å². The lowest BCUT2D eigenvalue weighted by Crippen LogP contribution is -2.52. The summed E-state index contributed by atoms with van der Waals surface area (Å²) in [6, 6.07) is 5.24. The summed E-state index contributed by atoms with van der Waals surface area (Å²) in [6.07, 6.45) is 0.995. The third kappa shape index (κ3) is 5.71. The van der Waals surface area contributed by atoms with Crippen molar-refractivity contribution in [3.8, 4) is 11.5 Å². The van der Waals surface area contributed by atoms with Crippen LogP contribution < -0.4 is 20.5 Å². The van der Waals surface area contributed by atoms with Crippen molar-refractivity contribution in [2.45, 2.75) is 44.0 Å². The number of amides is 1. The van der Waals surface area contributed by atoms with Crippen LogP contribution in [0.3, 0.4) is 0 Å². The lowest BCUT2D eigenvalue weighted by molar-refractivity contribution is -0.122. The standard InChI is InChI=1S/C18H28N2O4S/c1-13(2)11-18(3,12-19)20-17(21)6-9-25(22)14-4-5-15-16(10-14)24-8-7-23-15/h4-5,10,13H,6-9,11-12,19H2,1-3H3,(H,20,21). The average molecular weight is 368 g/mol. The Bertz CT molecular complexity index is 636. The zero-order chi connectivity index (χ0) is 18.4. The second kappa shape index (κ2) is 8.67. The van der Waals surface area contributed by atoms with Crippen molar-refractivity contribution in [1.29, 1.82) is 0 Å². The van der Waals surface area contributed by atoms with Gasteiger partial charge in [0, 0.05) is 35.2 Å². The first-order valence-corrected chi connectivity index (χ1v) is 9.94. The lowest BCUT2D eigenvalue weighted by Gasteiger charge is -2.31. The zero-order valence-corrected chi connectivity index (χ0v) is 16.0. The Hall–Kier alpha value is -1.60. The summed E-state index contributed by atoms with van der Waals surface area (Å²) in [5.41, 5.74) is 5.39. The molecule has 0 aliphatic carbocycles. The second-order valence-corrected chi connectivity index (χ2v) is 8.59. The average Bonchev–Trinajstić information content (AvgIpc) is 2.58. The predicted octanol–water partition coefficient (Wildman–Crippen LogP) is 1.84. The van der Waals surface area contributed by atoms with Crippen molar-refractivity contribution in [1.82, 2.24) is 5.32 Å². The molecule has 2 atom stereocenters. The van der Waals surface area contributed by atoms with E-state index in [1.807, 2.05) is 6.92 Å². The van der Waals surface area contributed by atoms with E-state index in [4.69, 9.17) is 15.2 Å². The highest BCUT2D eigenvalue weighted by Gasteiger charge is 2.26. The van der Waals surface area contributed by atoms with E-state index in [2.05, 4.69) is 19.2 Å². The Morgan fingerprint density at radius 2 is 2.00 bits per heavy atom. The minimum absolute atomic E-state index is 0.125. The largest absolute Gasteiger partial charge is 0.486 e. The number of benzene rings is 1. The number of carbonyl (C=O) groups is 1. The SMILES string of the molecule is CC(C)CC(C)(CN)NC(=O)CCS(=O)c1ccc2c(c1)OCCO2. The molecule has 1 aliphatic rings. The van der Waals surface area contributed by atoms with Gasteiger partial charge < -0.3 is 20.5 Å². The Balaban J connectivity index is 1.90. The van der Waals surface area contributed by atoms with Gasteiger partial charge in [-0.25, -0.2) is 0 Å².